The molecule has 0 aliphatic heterocycles. The molecule has 1 rings (SSSR count). The number of amides is 1. The summed E-state index contributed by atoms with van der Waals surface area (Å²) in [6.45, 7) is 4.49. The standard InChI is InChI=1S/C13H15FN2O/c1-3-16(8-4-7-15)13(17)12-9-11(14)6-5-10(12)2/h5-6,9H,3-4,8H2,1-2H3. The van der Waals surface area contributed by atoms with Crippen LogP contribution in [0.25, 0.3) is 0 Å². The van der Waals surface area contributed by atoms with Crippen LogP contribution in [0.2, 0.25) is 0 Å². The van der Waals surface area contributed by atoms with Gasteiger partial charge in [0.2, 0.25) is 0 Å². The molecular weight excluding hydrogens is 219 g/mol. The summed E-state index contributed by atoms with van der Waals surface area (Å²) in [5.41, 5.74) is 1.11. The molecule has 0 radical (unpaired) electrons. The molecular formula is C13H15FN2O. The second-order valence-electron chi connectivity index (χ2n) is 3.75. The summed E-state index contributed by atoms with van der Waals surface area (Å²) >= 11 is 0. The summed E-state index contributed by atoms with van der Waals surface area (Å²) in [6.07, 6.45) is 0.286. The molecule has 0 heterocycles. The highest BCUT2D eigenvalue weighted by atomic mass is 19.1. The van der Waals surface area contributed by atoms with E-state index < -0.39 is 5.82 Å². The van der Waals surface area contributed by atoms with Crippen molar-refractivity contribution in [2.24, 2.45) is 0 Å². The summed E-state index contributed by atoms with van der Waals surface area (Å²) in [5, 5.41) is 8.51. The highest BCUT2D eigenvalue weighted by Gasteiger charge is 2.16. The van der Waals surface area contributed by atoms with Crippen molar-refractivity contribution in [2.75, 3.05) is 13.1 Å². The van der Waals surface area contributed by atoms with Gasteiger partial charge in [0.15, 0.2) is 0 Å². The van der Waals surface area contributed by atoms with E-state index in [2.05, 4.69) is 0 Å². The van der Waals surface area contributed by atoms with Crippen molar-refractivity contribution in [1.82, 2.24) is 4.90 Å². The maximum atomic E-state index is 13.1. The van der Waals surface area contributed by atoms with Gasteiger partial charge in [0.1, 0.15) is 5.82 Å². The van der Waals surface area contributed by atoms with Crippen LogP contribution in [-0.2, 0) is 0 Å². The van der Waals surface area contributed by atoms with E-state index in [1.54, 1.807) is 17.9 Å². The summed E-state index contributed by atoms with van der Waals surface area (Å²) in [6, 6.07) is 6.15. The Labute approximate surface area is 100 Å². The van der Waals surface area contributed by atoms with Crippen LogP contribution in [0.15, 0.2) is 18.2 Å². The third-order valence-corrected chi connectivity index (χ3v) is 2.59. The summed E-state index contributed by atoms with van der Waals surface area (Å²) in [4.78, 5) is 13.7. The van der Waals surface area contributed by atoms with Crippen molar-refractivity contribution in [1.29, 1.82) is 5.26 Å². The molecule has 1 aromatic carbocycles. The first-order chi connectivity index (χ1) is 8.10. The molecule has 0 unspecified atom stereocenters. The predicted molar refractivity (Wildman–Crippen MR) is 62.9 cm³/mol. The average molecular weight is 234 g/mol. The van der Waals surface area contributed by atoms with Gasteiger partial charge in [-0.2, -0.15) is 5.26 Å². The number of hydrogen-bond acceptors (Lipinski definition) is 2. The van der Waals surface area contributed by atoms with Gasteiger partial charge in [0, 0.05) is 18.7 Å². The normalized spacial score (nSPS) is 9.76. The van der Waals surface area contributed by atoms with E-state index in [0.717, 1.165) is 5.56 Å². The van der Waals surface area contributed by atoms with Crippen LogP contribution in [0.1, 0.15) is 29.3 Å². The van der Waals surface area contributed by atoms with Crippen LogP contribution in [-0.4, -0.2) is 23.9 Å². The first kappa shape index (κ1) is 13.2. The first-order valence-electron chi connectivity index (χ1n) is 5.52. The number of aryl methyl sites for hydroxylation is 1. The molecule has 0 spiro atoms. The number of nitrogens with zero attached hydrogens (tertiary/aromatic N) is 2. The van der Waals surface area contributed by atoms with Gasteiger partial charge in [0.05, 0.1) is 12.5 Å². The minimum absolute atomic E-state index is 0.222. The van der Waals surface area contributed by atoms with E-state index in [9.17, 15) is 9.18 Å². The molecule has 0 atom stereocenters. The zero-order chi connectivity index (χ0) is 12.8. The fraction of sp³-hybridized carbons (Fsp3) is 0.385. The molecule has 90 valence electrons. The lowest BCUT2D eigenvalue weighted by atomic mass is 10.1. The number of nitriles is 1. The Kier molecular flexibility index (Phi) is 4.65. The van der Waals surface area contributed by atoms with E-state index in [1.807, 2.05) is 13.0 Å². The third kappa shape index (κ3) is 3.28. The van der Waals surface area contributed by atoms with Crippen LogP contribution in [0.4, 0.5) is 4.39 Å². The summed E-state index contributed by atoms with van der Waals surface area (Å²) < 4.78 is 13.1. The minimum Gasteiger partial charge on any atom is -0.338 e. The fourth-order valence-electron chi connectivity index (χ4n) is 1.58. The molecule has 0 aliphatic rings. The van der Waals surface area contributed by atoms with Gasteiger partial charge in [-0.25, -0.2) is 4.39 Å². The van der Waals surface area contributed by atoms with Gasteiger partial charge in [-0.1, -0.05) is 6.07 Å². The Hall–Kier alpha value is -1.89. The maximum absolute atomic E-state index is 13.1. The Balaban J connectivity index is 2.94. The Morgan fingerprint density at radius 1 is 1.53 bits per heavy atom. The Morgan fingerprint density at radius 3 is 2.82 bits per heavy atom. The summed E-state index contributed by atoms with van der Waals surface area (Å²) in [5.74, 6) is -0.643. The third-order valence-electron chi connectivity index (χ3n) is 2.59. The number of carbonyl (C=O) groups is 1. The second kappa shape index (κ2) is 6.00. The van der Waals surface area contributed by atoms with E-state index >= 15 is 0 Å². The maximum Gasteiger partial charge on any atom is 0.254 e. The Bertz CT molecular complexity index is 451. The van der Waals surface area contributed by atoms with E-state index in [4.69, 9.17) is 5.26 Å². The van der Waals surface area contributed by atoms with E-state index in [-0.39, 0.29) is 12.3 Å². The van der Waals surface area contributed by atoms with Crippen molar-refractivity contribution >= 4 is 5.91 Å². The number of carbonyl (C=O) groups excluding carboxylic acids is 1. The topological polar surface area (TPSA) is 44.1 Å². The smallest absolute Gasteiger partial charge is 0.254 e. The van der Waals surface area contributed by atoms with E-state index in [1.165, 1.54) is 12.1 Å². The molecule has 17 heavy (non-hydrogen) atoms. The zero-order valence-electron chi connectivity index (χ0n) is 10.0. The lowest BCUT2D eigenvalue weighted by molar-refractivity contribution is 0.0766. The van der Waals surface area contributed by atoms with Gasteiger partial charge in [-0.3, -0.25) is 4.79 Å². The molecule has 0 aromatic heterocycles. The van der Waals surface area contributed by atoms with Crippen LogP contribution in [0, 0.1) is 24.1 Å². The lowest BCUT2D eigenvalue weighted by Gasteiger charge is -2.20. The Morgan fingerprint density at radius 2 is 2.24 bits per heavy atom. The molecule has 1 aromatic rings. The van der Waals surface area contributed by atoms with Crippen molar-refractivity contribution in [3.05, 3.63) is 35.1 Å². The lowest BCUT2D eigenvalue weighted by Crippen LogP contribution is -2.32. The van der Waals surface area contributed by atoms with Crippen LogP contribution >= 0.6 is 0 Å². The van der Waals surface area contributed by atoms with Crippen LogP contribution in [0.3, 0.4) is 0 Å². The fourth-order valence-corrected chi connectivity index (χ4v) is 1.58. The largest absolute Gasteiger partial charge is 0.338 e. The van der Waals surface area contributed by atoms with Gasteiger partial charge in [-0.05, 0) is 31.5 Å². The first-order valence-corrected chi connectivity index (χ1v) is 5.52. The molecule has 0 bridgehead atoms. The predicted octanol–water partition coefficient (Wildman–Crippen LogP) is 2.51. The quantitative estimate of drug-likeness (QED) is 0.803. The number of hydrogen-bond donors (Lipinski definition) is 0. The zero-order valence-corrected chi connectivity index (χ0v) is 10.0. The van der Waals surface area contributed by atoms with E-state index in [0.29, 0.717) is 18.7 Å². The SMILES string of the molecule is CCN(CCC#N)C(=O)c1cc(F)ccc1C. The van der Waals surface area contributed by atoms with Gasteiger partial charge in [-0.15, -0.1) is 0 Å². The number of halogens is 1. The molecule has 1 amide bonds. The molecule has 0 saturated heterocycles. The highest BCUT2D eigenvalue weighted by molar-refractivity contribution is 5.95. The molecule has 0 N–H and O–H groups in total. The number of benzene rings is 1. The molecule has 3 nitrogen and oxygen atoms in total. The average Bonchev–Trinajstić information content (AvgIpc) is 2.33. The van der Waals surface area contributed by atoms with Crippen molar-refractivity contribution < 1.29 is 9.18 Å². The van der Waals surface area contributed by atoms with Crippen molar-refractivity contribution in [3.63, 3.8) is 0 Å². The van der Waals surface area contributed by atoms with Gasteiger partial charge >= 0.3 is 0 Å². The van der Waals surface area contributed by atoms with Gasteiger partial charge in [0.25, 0.3) is 5.91 Å². The van der Waals surface area contributed by atoms with Crippen LogP contribution in [0.5, 0.6) is 0 Å². The highest BCUT2D eigenvalue weighted by Crippen LogP contribution is 2.13. The molecule has 0 saturated carbocycles. The van der Waals surface area contributed by atoms with Crippen molar-refractivity contribution in [2.45, 2.75) is 20.3 Å². The summed E-state index contributed by atoms with van der Waals surface area (Å²) in [7, 11) is 0. The monoisotopic (exact) mass is 234 g/mol. The molecule has 0 fully saturated rings. The molecule has 0 aliphatic carbocycles. The van der Waals surface area contributed by atoms with Gasteiger partial charge < -0.3 is 4.90 Å². The second-order valence-corrected chi connectivity index (χ2v) is 3.75. The number of rotatable bonds is 4. The molecule has 4 heteroatoms. The minimum atomic E-state index is -0.421. The van der Waals surface area contributed by atoms with Crippen molar-refractivity contribution in [3.8, 4) is 6.07 Å². The van der Waals surface area contributed by atoms with Crippen LogP contribution < -0.4 is 0 Å².